The van der Waals surface area contributed by atoms with Crippen LogP contribution in [0.15, 0.2) is 48.5 Å². The summed E-state index contributed by atoms with van der Waals surface area (Å²) < 4.78 is 5.64. The number of hydrogen-bond donors (Lipinski definition) is 2. The molecule has 0 amide bonds. The molecule has 2 rings (SSSR count). The van der Waals surface area contributed by atoms with Gasteiger partial charge in [0.1, 0.15) is 0 Å². The topological polar surface area (TPSA) is 61.3 Å². The average Bonchev–Trinajstić information content (AvgIpc) is 2.43. The molecule has 19 heavy (non-hydrogen) atoms. The monoisotopic (exact) mass is 256 g/mol. The molecule has 3 nitrogen and oxygen atoms in total. The summed E-state index contributed by atoms with van der Waals surface area (Å²) >= 11 is 0. The lowest BCUT2D eigenvalue weighted by atomic mass is 10.1. The number of anilines is 2. The Kier molecular flexibility index (Phi) is 4.81. The molecular formula is C16H20N2O. The summed E-state index contributed by atoms with van der Waals surface area (Å²) in [6.07, 6.45) is 1.84. The van der Waals surface area contributed by atoms with E-state index < -0.39 is 0 Å². The van der Waals surface area contributed by atoms with Crippen molar-refractivity contribution in [2.24, 2.45) is 0 Å². The van der Waals surface area contributed by atoms with E-state index in [9.17, 15) is 0 Å². The molecule has 0 bridgehead atoms. The maximum atomic E-state index is 5.64. The fourth-order valence-corrected chi connectivity index (χ4v) is 1.85. The minimum absolute atomic E-state index is 0.735. The molecule has 0 radical (unpaired) electrons. The molecule has 0 spiro atoms. The number of rotatable bonds is 6. The van der Waals surface area contributed by atoms with Crippen molar-refractivity contribution >= 4 is 11.4 Å². The normalized spacial score (nSPS) is 10.5. The summed E-state index contributed by atoms with van der Waals surface area (Å²) in [5.74, 6) is 0. The molecule has 2 aromatic carbocycles. The standard InChI is InChI=1S/C16H20N2O/c17-15-5-1-13(2-6-15)9-11-19-12-10-14-3-7-16(18)8-4-14/h1-8H,9-12,17-18H2. The van der Waals surface area contributed by atoms with Crippen molar-refractivity contribution in [2.45, 2.75) is 12.8 Å². The van der Waals surface area contributed by atoms with Gasteiger partial charge < -0.3 is 16.2 Å². The van der Waals surface area contributed by atoms with E-state index in [1.165, 1.54) is 11.1 Å². The summed E-state index contributed by atoms with van der Waals surface area (Å²) in [5.41, 5.74) is 15.4. The summed E-state index contributed by atoms with van der Waals surface area (Å²) in [6.45, 7) is 1.47. The van der Waals surface area contributed by atoms with Crippen LogP contribution < -0.4 is 11.5 Å². The van der Waals surface area contributed by atoms with Gasteiger partial charge in [0.2, 0.25) is 0 Å². The number of nitrogen functional groups attached to an aromatic ring is 2. The molecule has 0 fully saturated rings. The number of ether oxygens (including phenoxy) is 1. The average molecular weight is 256 g/mol. The highest BCUT2D eigenvalue weighted by Crippen LogP contribution is 2.07. The van der Waals surface area contributed by atoms with Gasteiger partial charge in [-0.1, -0.05) is 24.3 Å². The van der Waals surface area contributed by atoms with E-state index in [1.54, 1.807) is 0 Å². The van der Waals surface area contributed by atoms with Crippen LogP contribution in [0.25, 0.3) is 0 Å². The van der Waals surface area contributed by atoms with E-state index in [0.717, 1.165) is 37.4 Å². The molecular weight excluding hydrogens is 236 g/mol. The van der Waals surface area contributed by atoms with E-state index in [1.807, 2.05) is 48.5 Å². The predicted molar refractivity (Wildman–Crippen MR) is 79.9 cm³/mol. The van der Waals surface area contributed by atoms with Gasteiger partial charge in [0.25, 0.3) is 0 Å². The van der Waals surface area contributed by atoms with Crippen LogP contribution in [0.5, 0.6) is 0 Å². The third-order valence-electron chi connectivity index (χ3n) is 3.03. The largest absolute Gasteiger partial charge is 0.399 e. The molecule has 4 N–H and O–H groups in total. The molecule has 0 aliphatic rings. The van der Waals surface area contributed by atoms with Crippen LogP contribution in [-0.4, -0.2) is 13.2 Å². The number of hydrogen-bond acceptors (Lipinski definition) is 3. The second-order valence-electron chi connectivity index (χ2n) is 4.60. The Morgan fingerprint density at radius 1 is 0.632 bits per heavy atom. The molecule has 2 aromatic rings. The third kappa shape index (κ3) is 4.64. The molecule has 0 saturated carbocycles. The smallest absolute Gasteiger partial charge is 0.0506 e. The number of nitrogens with two attached hydrogens (primary N) is 2. The van der Waals surface area contributed by atoms with Crippen molar-refractivity contribution in [3.8, 4) is 0 Å². The molecule has 0 atom stereocenters. The minimum atomic E-state index is 0.735. The molecule has 0 unspecified atom stereocenters. The number of benzene rings is 2. The van der Waals surface area contributed by atoms with Gasteiger partial charge in [-0.05, 0) is 48.2 Å². The van der Waals surface area contributed by atoms with Crippen LogP contribution >= 0.6 is 0 Å². The highest BCUT2D eigenvalue weighted by Gasteiger charge is 1.96. The first-order valence-corrected chi connectivity index (χ1v) is 6.50. The molecule has 0 saturated heterocycles. The summed E-state index contributed by atoms with van der Waals surface area (Å²) in [7, 11) is 0. The second kappa shape index (κ2) is 6.81. The summed E-state index contributed by atoms with van der Waals surface area (Å²) in [5, 5.41) is 0. The van der Waals surface area contributed by atoms with Gasteiger partial charge in [0.05, 0.1) is 13.2 Å². The van der Waals surface area contributed by atoms with Crippen LogP contribution in [0.2, 0.25) is 0 Å². The van der Waals surface area contributed by atoms with Crippen molar-refractivity contribution in [1.82, 2.24) is 0 Å². The lowest BCUT2D eigenvalue weighted by molar-refractivity contribution is 0.140. The Bertz CT molecular complexity index is 444. The van der Waals surface area contributed by atoms with Gasteiger partial charge in [-0.15, -0.1) is 0 Å². The molecule has 0 heterocycles. The van der Waals surface area contributed by atoms with E-state index >= 15 is 0 Å². The Morgan fingerprint density at radius 3 is 1.37 bits per heavy atom. The Balaban J connectivity index is 1.64. The summed E-state index contributed by atoms with van der Waals surface area (Å²) in [4.78, 5) is 0. The zero-order valence-electron chi connectivity index (χ0n) is 11.0. The Morgan fingerprint density at radius 2 is 1.00 bits per heavy atom. The fourth-order valence-electron chi connectivity index (χ4n) is 1.85. The molecule has 3 heteroatoms. The van der Waals surface area contributed by atoms with Gasteiger partial charge in [-0.25, -0.2) is 0 Å². The van der Waals surface area contributed by atoms with Crippen LogP contribution in [-0.2, 0) is 17.6 Å². The minimum Gasteiger partial charge on any atom is -0.399 e. The van der Waals surface area contributed by atoms with E-state index in [-0.39, 0.29) is 0 Å². The third-order valence-corrected chi connectivity index (χ3v) is 3.03. The van der Waals surface area contributed by atoms with Crippen molar-refractivity contribution in [3.05, 3.63) is 59.7 Å². The van der Waals surface area contributed by atoms with Gasteiger partial charge in [0, 0.05) is 11.4 Å². The molecule has 100 valence electrons. The Labute approximate surface area is 114 Å². The van der Waals surface area contributed by atoms with Gasteiger partial charge in [0.15, 0.2) is 0 Å². The van der Waals surface area contributed by atoms with Crippen molar-refractivity contribution in [3.63, 3.8) is 0 Å². The zero-order valence-corrected chi connectivity index (χ0v) is 11.0. The van der Waals surface area contributed by atoms with E-state index in [4.69, 9.17) is 16.2 Å². The van der Waals surface area contributed by atoms with Crippen LogP contribution in [0.4, 0.5) is 11.4 Å². The van der Waals surface area contributed by atoms with E-state index in [2.05, 4.69) is 0 Å². The van der Waals surface area contributed by atoms with Crippen molar-refractivity contribution in [1.29, 1.82) is 0 Å². The Hall–Kier alpha value is -2.00. The van der Waals surface area contributed by atoms with Gasteiger partial charge >= 0.3 is 0 Å². The van der Waals surface area contributed by atoms with E-state index in [0.29, 0.717) is 0 Å². The SMILES string of the molecule is Nc1ccc(CCOCCc2ccc(N)cc2)cc1. The maximum absolute atomic E-state index is 5.64. The van der Waals surface area contributed by atoms with Crippen LogP contribution in [0.3, 0.4) is 0 Å². The van der Waals surface area contributed by atoms with Crippen LogP contribution in [0, 0.1) is 0 Å². The lowest BCUT2D eigenvalue weighted by Gasteiger charge is -2.05. The first-order chi connectivity index (χ1) is 9.24. The lowest BCUT2D eigenvalue weighted by Crippen LogP contribution is -2.03. The highest BCUT2D eigenvalue weighted by molar-refractivity contribution is 5.39. The molecule has 0 aliphatic heterocycles. The predicted octanol–water partition coefficient (Wildman–Crippen LogP) is 2.65. The zero-order chi connectivity index (χ0) is 13.5. The van der Waals surface area contributed by atoms with Gasteiger partial charge in [-0.2, -0.15) is 0 Å². The van der Waals surface area contributed by atoms with Crippen molar-refractivity contribution < 1.29 is 4.74 Å². The van der Waals surface area contributed by atoms with Gasteiger partial charge in [-0.3, -0.25) is 0 Å². The molecule has 0 aromatic heterocycles. The fraction of sp³-hybridized carbons (Fsp3) is 0.250. The van der Waals surface area contributed by atoms with Crippen LogP contribution in [0.1, 0.15) is 11.1 Å². The highest BCUT2D eigenvalue weighted by atomic mass is 16.5. The molecule has 0 aliphatic carbocycles. The second-order valence-corrected chi connectivity index (χ2v) is 4.60. The first-order valence-electron chi connectivity index (χ1n) is 6.50. The summed E-state index contributed by atoms with van der Waals surface area (Å²) in [6, 6.07) is 15.8. The maximum Gasteiger partial charge on any atom is 0.0506 e. The first kappa shape index (κ1) is 13.4. The van der Waals surface area contributed by atoms with Crippen molar-refractivity contribution in [2.75, 3.05) is 24.7 Å². The quantitative estimate of drug-likeness (QED) is 0.617.